The molecule has 1 heterocycles. The van der Waals surface area contributed by atoms with E-state index < -0.39 is 23.6 Å². The predicted octanol–water partition coefficient (Wildman–Crippen LogP) is 3.34. The summed E-state index contributed by atoms with van der Waals surface area (Å²) in [6, 6.07) is 2.57. The van der Waals surface area contributed by atoms with Crippen LogP contribution in [-0.4, -0.2) is 48.4 Å². The lowest BCUT2D eigenvalue weighted by atomic mass is 10.2. The number of unbranched alkanes of at least 4 members (excludes halogenated alkanes) is 3. The Morgan fingerprint density at radius 3 is 2.61 bits per heavy atom. The van der Waals surface area contributed by atoms with Gasteiger partial charge in [-0.1, -0.05) is 12.8 Å². The molecule has 0 aliphatic heterocycles. The molecule has 0 saturated carbocycles. The monoisotopic (exact) mass is 455 g/mol. The number of carbonyl (C=O) groups is 2. The molecule has 2 aromatic rings. The molecule has 8 nitrogen and oxygen atoms in total. The van der Waals surface area contributed by atoms with Gasteiger partial charge in [0.2, 0.25) is 5.88 Å². The topological polar surface area (TPSA) is 110 Å². The van der Waals surface area contributed by atoms with E-state index in [0.717, 1.165) is 55.9 Å². The van der Waals surface area contributed by atoms with Crippen molar-refractivity contribution in [2.24, 2.45) is 5.73 Å². The molecule has 0 fully saturated rings. The molecule has 31 heavy (non-hydrogen) atoms. The number of ether oxygens (including phenoxy) is 1. The lowest BCUT2D eigenvalue weighted by molar-refractivity contribution is 0.0996. The molecule has 4 N–H and O–H groups in total. The lowest BCUT2D eigenvalue weighted by Crippen LogP contribution is -2.30. The third-order valence-corrected chi connectivity index (χ3v) is 5.08. The van der Waals surface area contributed by atoms with Crippen molar-refractivity contribution in [3.63, 3.8) is 0 Å². The maximum atomic E-state index is 13.7. The van der Waals surface area contributed by atoms with Crippen molar-refractivity contribution in [1.29, 1.82) is 0 Å². The van der Waals surface area contributed by atoms with Crippen LogP contribution in [0.5, 0.6) is 5.88 Å². The smallest absolute Gasteiger partial charge is 0.319 e. The van der Waals surface area contributed by atoms with E-state index in [-0.39, 0.29) is 28.6 Å². The highest BCUT2D eigenvalue weighted by Gasteiger charge is 2.22. The molecule has 0 aliphatic carbocycles. The van der Waals surface area contributed by atoms with Crippen molar-refractivity contribution < 1.29 is 23.1 Å². The van der Waals surface area contributed by atoms with E-state index in [2.05, 4.69) is 19.9 Å². The quantitative estimate of drug-likeness (QED) is 0.425. The van der Waals surface area contributed by atoms with Crippen LogP contribution in [0.2, 0.25) is 0 Å². The molecule has 0 bridgehead atoms. The normalized spacial score (nSPS) is 10.9. The summed E-state index contributed by atoms with van der Waals surface area (Å²) >= 11 is 0.821. The molecule has 0 aliphatic rings. The van der Waals surface area contributed by atoms with Crippen molar-refractivity contribution in [3.05, 3.63) is 41.0 Å². The SMILES string of the molecule is CN(C)CCCCCCNC(=O)Nc1snc(OCc2ccc(F)cc2F)c1C(N)=O. The van der Waals surface area contributed by atoms with Gasteiger partial charge in [-0.25, -0.2) is 13.6 Å². The van der Waals surface area contributed by atoms with Crippen LogP contribution in [0.15, 0.2) is 18.2 Å². The Labute approximate surface area is 183 Å². The van der Waals surface area contributed by atoms with Gasteiger partial charge < -0.3 is 20.7 Å². The van der Waals surface area contributed by atoms with E-state index in [1.54, 1.807) is 0 Å². The molecule has 0 atom stereocenters. The summed E-state index contributed by atoms with van der Waals surface area (Å²) in [5.74, 6) is -2.47. The Bertz CT molecular complexity index is 892. The molecule has 0 unspecified atom stereocenters. The summed E-state index contributed by atoms with van der Waals surface area (Å²) in [7, 11) is 4.06. The number of anilines is 1. The zero-order valence-corrected chi connectivity index (χ0v) is 18.4. The Kier molecular flexibility index (Phi) is 9.60. The van der Waals surface area contributed by atoms with E-state index in [1.807, 2.05) is 14.1 Å². The van der Waals surface area contributed by atoms with E-state index in [0.29, 0.717) is 6.54 Å². The number of hydrogen-bond donors (Lipinski definition) is 3. The average Bonchev–Trinajstić information content (AvgIpc) is 3.09. The number of halogens is 2. The largest absolute Gasteiger partial charge is 0.471 e. The molecule has 2 rings (SSSR count). The third kappa shape index (κ3) is 8.10. The number of hydrogen-bond acceptors (Lipinski definition) is 6. The molecule has 1 aromatic carbocycles. The minimum Gasteiger partial charge on any atom is -0.471 e. The summed E-state index contributed by atoms with van der Waals surface area (Å²) in [6.45, 7) is 1.24. The molecule has 3 amide bonds. The average molecular weight is 456 g/mol. The summed E-state index contributed by atoms with van der Waals surface area (Å²) in [5.41, 5.74) is 5.37. The van der Waals surface area contributed by atoms with Gasteiger partial charge in [0.25, 0.3) is 5.91 Å². The highest BCUT2D eigenvalue weighted by molar-refractivity contribution is 7.11. The molecule has 0 saturated heterocycles. The van der Waals surface area contributed by atoms with Crippen molar-refractivity contribution in [2.75, 3.05) is 32.5 Å². The number of nitrogens with one attached hydrogen (secondary N) is 2. The molecule has 0 spiro atoms. The highest BCUT2D eigenvalue weighted by atomic mass is 32.1. The first kappa shape index (κ1) is 24.5. The maximum Gasteiger partial charge on any atom is 0.319 e. The Hall–Kier alpha value is -2.79. The van der Waals surface area contributed by atoms with Gasteiger partial charge in [0, 0.05) is 18.2 Å². The van der Waals surface area contributed by atoms with Crippen LogP contribution in [0.3, 0.4) is 0 Å². The second-order valence-corrected chi connectivity index (χ2v) is 7.95. The van der Waals surface area contributed by atoms with Gasteiger partial charge in [-0.2, -0.15) is 4.37 Å². The van der Waals surface area contributed by atoms with Crippen LogP contribution in [0.4, 0.5) is 18.6 Å². The first-order chi connectivity index (χ1) is 14.8. The zero-order valence-electron chi connectivity index (χ0n) is 17.5. The fourth-order valence-electron chi connectivity index (χ4n) is 2.72. The minimum atomic E-state index is -0.848. The highest BCUT2D eigenvalue weighted by Crippen LogP contribution is 2.30. The van der Waals surface area contributed by atoms with Crippen LogP contribution in [0, 0.1) is 11.6 Å². The summed E-state index contributed by atoms with van der Waals surface area (Å²) in [6.07, 6.45) is 4.02. The first-order valence-electron chi connectivity index (χ1n) is 9.83. The number of urea groups is 1. The molecule has 170 valence electrons. The van der Waals surface area contributed by atoms with Crippen LogP contribution in [0.25, 0.3) is 0 Å². The number of nitrogens with two attached hydrogens (primary N) is 1. The molecule has 0 radical (unpaired) electrons. The van der Waals surface area contributed by atoms with Crippen LogP contribution >= 0.6 is 11.5 Å². The third-order valence-electron chi connectivity index (χ3n) is 4.33. The van der Waals surface area contributed by atoms with Gasteiger partial charge in [-0.3, -0.25) is 10.1 Å². The van der Waals surface area contributed by atoms with Crippen LogP contribution < -0.4 is 21.1 Å². The van der Waals surface area contributed by atoms with Gasteiger partial charge in [-0.15, -0.1) is 0 Å². The summed E-state index contributed by atoms with van der Waals surface area (Å²) in [4.78, 5) is 26.1. The van der Waals surface area contributed by atoms with E-state index >= 15 is 0 Å². The van der Waals surface area contributed by atoms with E-state index in [1.165, 1.54) is 6.07 Å². The van der Waals surface area contributed by atoms with Gasteiger partial charge in [0.05, 0.1) is 0 Å². The summed E-state index contributed by atoms with van der Waals surface area (Å²) < 4.78 is 36.1. The second-order valence-electron chi connectivity index (χ2n) is 7.18. The van der Waals surface area contributed by atoms with E-state index in [4.69, 9.17) is 10.5 Å². The number of primary amides is 1. The number of rotatable bonds is 12. The lowest BCUT2D eigenvalue weighted by Gasteiger charge is -2.09. The fourth-order valence-corrected chi connectivity index (χ4v) is 3.45. The number of amides is 3. The summed E-state index contributed by atoms with van der Waals surface area (Å²) in [5, 5.41) is 5.39. The van der Waals surface area contributed by atoms with Crippen molar-refractivity contribution >= 4 is 28.5 Å². The Morgan fingerprint density at radius 2 is 1.94 bits per heavy atom. The molecular formula is C20H27F2N5O3S. The number of nitrogens with zero attached hydrogens (tertiary/aromatic N) is 2. The van der Waals surface area contributed by atoms with Gasteiger partial charge >= 0.3 is 6.03 Å². The fraction of sp³-hybridized carbons (Fsp3) is 0.450. The molecular weight excluding hydrogens is 428 g/mol. The maximum absolute atomic E-state index is 13.7. The second kappa shape index (κ2) is 12.2. The van der Waals surface area contributed by atoms with E-state index in [9.17, 15) is 18.4 Å². The Morgan fingerprint density at radius 1 is 1.19 bits per heavy atom. The minimum absolute atomic E-state index is 0.0858. The Balaban J connectivity index is 1.85. The first-order valence-corrected chi connectivity index (χ1v) is 10.6. The van der Waals surface area contributed by atoms with Crippen LogP contribution in [-0.2, 0) is 6.61 Å². The zero-order chi connectivity index (χ0) is 22.8. The van der Waals surface area contributed by atoms with Crippen molar-refractivity contribution in [2.45, 2.75) is 32.3 Å². The van der Waals surface area contributed by atoms with Gasteiger partial charge in [-0.05, 0) is 57.1 Å². The number of carbonyl (C=O) groups excluding carboxylic acids is 2. The van der Waals surface area contributed by atoms with Crippen molar-refractivity contribution in [3.8, 4) is 5.88 Å². The van der Waals surface area contributed by atoms with Gasteiger partial charge in [0.1, 0.15) is 28.8 Å². The molecule has 11 heteroatoms. The van der Waals surface area contributed by atoms with Gasteiger partial charge in [0.15, 0.2) is 0 Å². The number of benzene rings is 1. The van der Waals surface area contributed by atoms with Crippen LogP contribution in [0.1, 0.15) is 41.6 Å². The predicted molar refractivity (Wildman–Crippen MR) is 115 cm³/mol. The number of aromatic nitrogens is 1. The molecule has 1 aromatic heterocycles. The van der Waals surface area contributed by atoms with Crippen molar-refractivity contribution in [1.82, 2.24) is 14.6 Å². The standard InChI is InChI=1S/C20H27F2N5O3S/c1-27(2)10-6-4-3-5-9-24-20(29)25-19-16(17(23)28)18(26-31-19)30-12-13-7-8-14(21)11-15(13)22/h7-8,11H,3-6,9-10,12H2,1-2H3,(H2,23,28)(H2,24,25,29).